The molecule has 2 N–H and O–H groups in total. The highest BCUT2D eigenvalue weighted by Gasteiger charge is 2.43. The minimum Gasteiger partial charge on any atom is -0.479 e. The van der Waals surface area contributed by atoms with Crippen LogP contribution in [0.15, 0.2) is 35.6 Å². The number of likely N-dealkylation sites (tertiary alicyclic amines) is 1. The molecule has 0 radical (unpaired) electrons. The Hall–Kier alpha value is -3.88. The van der Waals surface area contributed by atoms with Crippen LogP contribution in [0.5, 0.6) is 0 Å². The van der Waals surface area contributed by atoms with Gasteiger partial charge in [-0.25, -0.2) is 19.0 Å². The van der Waals surface area contributed by atoms with Crippen molar-refractivity contribution < 1.29 is 33.7 Å². The average molecular weight is 683 g/mol. The number of piperidine rings is 1. The summed E-state index contributed by atoms with van der Waals surface area (Å²) in [6.45, 7) is 10.2. The van der Waals surface area contributed by atoms with Crippen molar-refractivity contribution in [1.82, 2.24) is 24.6 Å². The van der Waals surface area contributed by atoms with Crippen LogP contribution in [0, 0.1) is 5.92 Å². The molecule has 12 nitrogen and oxygen atoms in total. The number of anilines is 1. The average Bonchev–Trinajstić information content (AvgIpc) is 3.56. The Morgan fingerprint density at radius 1 is 1.19 bits per heavy atom. The SMILES string of the molecule is CC(C)(F)C(=O)O.CCSc1cc(C2(Cc3nncn3C)COC2)cc(N2Cc3c(C(=O)O)cc(CN4CCC[C@H](C)C4)cc3C2=O)n1. The molecule has 2 aromatic heterocycles. The van der Waals surface area contributed by atoms with E-state index in [1.165, 1.54) is 6.42 Å². The third-order valence-electron chi connectivity index (χ3n) is 9.02. The summed E-state index contributed by atoms with van der Waals surface area (Å²) in [6, 6.07) is 7.70. The molecule has 48 heavy (non-hydrogen) atoms. The van der Waals surface area contributed by atoms with Crippen LogP contribution in [-0.4, -0.2) is 90.4 Å². The van der Waals surface area contributed by atoms with Gasteiger partial charge in [0.05, 0.1) is 30.3 Å². The number of carbonyl (C=O) groups is 3. The standard InChI is InChI=1S/C30H36N6O4S.C4H7FO2/c1-4-41-27-11-21(30(16-40-17-30)12-26-33-31-18-34(26)3)10-25(32-27)36-15-24-22(28(36)37)8-20(9-23(24)29(38)39)14-35-7-5-6-19(2)13-35;1-4(2,5)3(6)7/h8-11,18-19H,4-7,12-17H2,1-3H3,(H,38,39);1-2H3,(H,6,7)/t19-;/m0./s1. The Kier molecular flexibility index (Phi) is 10.6. The molecule has 3 aliphatic rings. The Balaban J connectivity index is 0.000000582. The molecule has 6 rings (SSSR count). The molecule has 3 aliphatic heterocycles. The summed E-state index contributed by atoms with van der Waals surface area (Å²) in [4.78, 5) is 44.8. The number of nitrogens with zero attached hydrogens (tertiary/aromatic N) is 6. The first-order valence-corrected chi connectivity index (χ1v) is 17.1. The minimum atomic E-state index is -2.08. The van der Waals surface area contributed by atoms with E-state index in [9.17, 15) is 23.9 Å². The lowest BCUT2D eigenvalue weighted by molar-refractivity contribution is -0.148. The number of amides is 1. The molecule has 0 bridgehead atoms. The van der Waals surface area contributed by atoms with Gasteiger partial charge in [-0.15, -0.1) is 22.0 Å². The van der Waals surface area contributed by atoms with E-state index in [4.69, 9.17) is 14.8 Å². The summed E-state index contributed by atoms with van der Waals surface area (Å²) in [6.07, 6.45) is 4.69. The first-order valence-electron chi connectivity index (χ1n) is 16.1. The van der Waals surface area contributed by atoms with Gasteiger partial charge in [0.25, 0.3) is 5.91 Å². The number of ether oxygens (including phenoxy) is 1. The predicted octanol–water partition coefficient (Wildman–Crippen LogP) is 4.74. The van der Waals surface area contributed by atoms with Crippen LogP contribution in [0.2, 0.25) is 0 Å². The largest absolute Gasteiger partial charge is 0.479 e. The molecule has 0 unspecified atom stereocenters. The van der Waals surface area contributed by atoms with Gasteiger partial charge in [-0.2, -0.15) is 0 Å². The summed E-state index contributed by atoms with van der Waals surface area (Å²) in [5, 5.41) is 27.2. The highest BCUT2D eigenvalue weighted by atomic mass is 32.2. The molecule has 2 fully saturated rings. The molecule has 2 saturated heterocycles. The Morgan fingerprint density at radius 2 is 1.92 bits per heavy atom. The van der Waals surface area contributed by atoms with Crippen molar-refractivity contribution in [3.05, 3.63) is 64.2 Å². The van der Waals surface area contributed by atoms with Gasteiger partial charge in [0.2, 0.25) is 5.67 Å². The summed E-state index contributed by atoms with van der Waals surface area (Å²) in [7, 11) is 1.93. The maximum Gasteiger partial charge on any atom is 0.340 e. The maximum atomic E-state index is 13.9. The van der Waals surface area contributed by atoms with E-state index in [2.05, 4.69) is 35.0 Å². The van der Waals surface area contributed by atoms with Crippen LogP contribution in [0.25, 0.3) is 0 Å². The van der Waals surface area contributed by atoms with Crippen LogP contribution in [0.3, 0.4) is 0 Å². The van der Waals surface area contributed by atoms with Gasteiger partial charge in [0.1, 0.15) is 18.0 Å². The first-order chi connectivity index (χ1) is 22.7. The van der Waals surface area contributed by atoms with Crippen LogP contribution in [-0.2, 0) is 41.5 Å². The fourth-order valence-electron chi connectivity index (χ4n) is 6.27. The maximum absolute atomic E-state index is 13.9. The number of rotatable bonds is 10. The zero-order valence-electron chi connectivity index (χ0n) is 28.0. The number of fused-ring (bicyclic) bond motifs is 1. The van der Waals surface area contributed by atoms with Gasteiger partial charge in [0.15, 0.2) is 0 Å². The van der Waals surface area contributed by atoms with E-state index in [0.29, 0.717) is 49.0 Å². The van der Waals surface area contributed by atoms with E-state index < -0.39 is 17.6 Å². The Bertz CT molecular complexity index is 1690. The molecule has 0 aliphatic carbocycles. The number of carboxylic acid groups (broad SMARTS) is 2. The third-order valence-corrected chi connectivity index (χ3v) is 9.81. The van der Waals surface area contributed by atoms with Crippen molar-refractivity contribution in [1.29, 1.82) is 0 Å². The second kappa shape index (κ2) is 14.3. The lowest BCUT2D eigenvalue weighted by Crippen LogP contribution is -2.49. The molecular weight excluding hydrogens is 639 g/mol. The number of carboxylic acids is 2. The van der Waals surface area contributed by atoms with Crippen molar-refractivity contribution in [3.8, 4) is 0 Å². The van der Waals surface area contributed by atoms with Crippen LogP contribution >= 0.6 is 11.8 Å². The van der Waals surface area contributed by atoms with Crippen molar-refractivity contribution >= 4 is 35.4 Å². The molecule has 0 spiro atoms. The van der Waals surface area contributed by atoms with Crippen molar-refractivity contribution in [2.75, 3.05) is 37.0 Å². The molecule has 0 saturated carbocycles. The molecule has 14 heteroatoms. The molecule has 1 amide bonds. The number of halogens is 1. The monoisotopic (exact) mass is 682 g/mol. The van der Waals surface area contributed by atoms with Crippen LogP contribution in [0.1, 0.15) is 83.8 Å². The minimum absolute atomic E-state index is 0.177. The zero-order valence-corrected chi connectivity index (χ0v) is 28.8. The topological polar surface area (TPSA) is 151 Å². The van der Waals surface area contributed by atoms with E-state index in [0.717, 1.165) is 61.1 Å². The lowest BCUT2D eigenvalue weighted by Gasteiger charge is -2.42. The van der Waals surface area contributed by atoms with Gasteiger partial charge in [-0.3, -0.25) is 14.6 Å². The molecular formula is C34H43FN6O6S. The smallest absolute Gasteiger partial charge is 0.340 e. The summed E-state index contributed by atoms with van der Waals surface area (Å²) < 4.78 is 19.5. The number of aliphatic carboxylic acids is 1. The van der Waals surface area contributed by atoms with E-state index >= 15 is 0 Å². The fraction of sp³-hybridized carbons (Fsp3) is 0.529. The fourth-order valence-corrected chi connectivity index (χ4v) is 6.93. The number of hydrogen-bond donors (Lipinski definition) is 2. The van der Waals surface area contributed by atoms with Gasteiger partial charge < -0.3 is 19.5 Å². The molecule has 1 aromatic carbocycles. The quantitative estimate of drug-likeness (QED) is 0.285. The number of alkyl halides is 1. The molecule has 3 aromatic rings. The summed E-state index contributed by atoms with van der Waals surface area (Å²) in [5.41, 5.74) is 0.725. The lowest BCUT2D eigenvalue weighted by atomic mass is 9.76. The number of pyridine rings is 1. The number of aryl methyl sites for hydroxylation is 1. The van der Waals surface area contributed by atoms with Crippen molar-refractivity contribution in [2.45, 2.75) is 76.2 Å². The number of thioether (sulfide) groups is 1. The van der Waals surface area contributed by atoms with Gasteiger partial charge in [-0.1, -0.05) is 13.8 Å². The highest BCUT2D eigenvalue weighted by Crippen LogP contribution is 2.40. The van der Waals surface area contributed by atoms with Gasteiger partial charge >= 0.3 is 11.9 Å². The van der Waals surface area contributed by atoms with Crippen molar-refractivity contribution in [3.63, 3.8) is 0 Å². The van der Waals surface area contributed by atoms with Crippen molar-refractivity contribution in [2.24, 2.45) is 13.0 Å². The normalized spacial score (nSPS) is 18.9. The van der Waals surface area contributed by atoms with Crippen LogP contribution in [0.4, 0.5) is 10.2 Å². The Morgan fingerprint density at radius 3 is 2.48 bits per heavy atom. The van der Waals surface area contributed by atoms with E-state index in [1.807, 2.05) is 23.7 Å². The van der Waals surface area contributed by atoms with Crippen LogP contribution < -0.4 is 4.90 Å². The first kappa shape index (κ1) is 35.4. The number of hydrogen-bond acceptors (Lipinski definition) is 9. The number of aromatic carboxylic acids is 1. The number of benzene rings is 1. The molecule has 1 atom stereocenters. The van der Waals surface area contributed by atoms with Gasteiger partial charge in [-0.05, 0) is 85.9 Å². The molecule has 258 valence electrons. The van der Waals surface area contributed by atoms with Gasteiger partial charge in [0, 0.05) is 37.5 Å². The molecule has 5 heterocycles. The Labute approximate surface area is 283 Å². The second-order valence-corrected chi connectivity index (χ2v) is 14.7. The summed E-state index contributed by atoms with van der Waals surface area (Å²) >= 11 is 1.62. The number of aromatic nitrogens is 4. The summed E-state index contributed by atoms with van der Waals surface area (Å²) in [5.74, 6) is 0.199. The number of carbonyl (C=O) groups excluding carboxylic acids is 1. The van der Waals surface area contributed by atoms with E-state index in [-0.39, 0.29) is 23.4 Å². The third kappa shape index (κ3) is 7.71. The zero-order chi connectivity index (χ0) is 34.8. The highest BCUT2D eigenvalue weighted by molar-refractivity contribution is 7.99. The van der Waals surface area contributed by atoms with E-state index in [1.54, 1.807) is 29.1 Å². The predicted molar refractivity (Wildman–Crippen MR) is 178 cm³/mol. The second-order valence-electron chi connectivity index (χ2n) is 13.4.